The third-order valence-corrected chi connectivity index (χ3v) is 3.71. The minimum Gasteiger partial charge on any atom is -0.372 e. The van der Waals surface area contributed by atoms with Crippen LogP contribution in [0, 0.1) is 0 Å². The molecule has 0 bridgehead atoms. The molecule has 1 heterocycles. The maximum absolute atomic E-state index is 11.8. The largest absolute Gasteiger partial charge is 0.372 e. The summed E-state index contributed by atoms with van der Waals surface area (Å²) in [6.07, 6.45) is 1.08. The van der Waals surface area contributed by atoms with Gasteiger partial charge in [-0.25, -0.2) is 0 Å². The first-order valence-corrected chi connectivity index (χ1v) is 7.41. The van der Waals surface area contributed by atoms with Crippen molar-refractivity contribution in [1.82, 2.24) is 9.80 Å². The van der Waals surface area contributed by atoms with Crippen molar-refractivity contribution in [2.75, 3.05) is 45.9 Å². The summed E-state index contributed by atoms with van der Waals surface area (Å²) >= 11 is 0. The van der Waals surface area contributed by atoms with Crippen LogP contribution in [0.3, 0.4) is 0 Å². The van der Waals surface area contributed by atoms with Crippen molar-refractivity contribution in [2.24, 2.45) is 0 Å². The van der Waals surface area contributed by atoms with E-state index in [9.17, 15) is 4.79 Å². The summed E-state index contributed by atoms with van der Waals surface area (Å²) in [5.74, 6) is 0.120. The number of carbonyl (C=O) groups excluding carboxylic acids is 1. The average molecular weight is 276 g/mol. The normalized spacial score (nSPS) is 16.4. The van der Waals surface area contributed by atoms with Crippen LogP contribution in [-0.2, 0) is 16.0 Å². The summed E-state index contributed by atoms with van der Waals surface area (Å²) < 4.78 is 5.18. The van der Waals surface area contributed by atoms with Gasteiger partial charge in [-0.2, -0.15) is 0 Å². The molecule has 0 aliphatic carbocycles. The van der Waals surface area contributed by atoms with Gasteiger partial charge in [0, 0.05) is 39.3 Å². The molecular formula is C16H24N2O2. The lowest BCUT2D eigenvalue weighted by molar-refractivity contribution is -0.137. The van der Waals surface area contributed by atoms with Gasteiger partial charge >= 0.3 is 0 Å². The Kier molecular flexibility index (Phi) is 6.02. The van der Waals surface area contributed by atoms with Crippen molar-refractivity contribution in [3.63, 3.8) is 0 Å². The molecule has 1 aliphatic heterocycles. The highest BCUT2D eigenvalue weighted by atomic mass is 16.5. The lowest BCUT2D eigenvalue weighted by Crippen LogP contribution is -2.50. The molecule has 1 saturated heterocycles. The Morgan fingerprint density at radius 2 is 1.85 bits per heavy atom. The SMILES string of the molecule is CCOCC(=O)N1CCN(CCc2ccccc2)CC1. The Hall–Kier alpha value is -1.39. The summed E-state index contributed by atoms with van der Waals surface area (Å²) in [5, 5.41) is 0. The van der Waals surface area contributed by atoms with Gasteiger partial charge in [-0.05, 0) is 18.9 Å². The lowest BCUT2D eigenvalue weighted by Gasteiger charge is -2.34. The first-order chi connectivity index (χ1) is 9.79. The highest BCUT2D eigenvalue weighted by Crippen LogP contribution is 2.06. The molecule has 0 N–H and O–H groups in total. The highest BCUT2D eigenvalue weighted by Gasteiger charge is 2.20. The number of hydrogen-bond donors (Lipinski definition) is 0. The van der Waals surface area contributed by atoms with E-state index >= 15 is 0 Å². The summed E-state index contributed by atoms with van der Waals surface area (Å²) in [6, 6.07) is 10.6. The van der Waals surface area contributed by atoms with Gasteiger partial charge in [0.25, 0.3) is 0 Å². The minimum atomic E-state index is 0.120. The molecule has 4 nitrogen and oxygen atoms in total. The fourth-order valence-corrected chi connectivity index (χ4v) is 2.43. The summed E-state index contributed by atoms with van der Waals surface area (Å²) in [7, 11) is 0. The van der Waals surface area contributed by atoms with Crippen molar-refractivity contribution in [3.8, 4) is 0 Å². The molecule has 0 atom stereocenters. The van der Waals surface area contributed by atoms with E-state index in [1.165, 1.54) is 5.56 Å². The summed E-state index contributed by atoms with van der Waals surface area (Å²) in [5.41, 5.74) is 1.38. The number of nitrogens with zero attached hydrogens (tertiary/aromatic N) is 2. The number of amides is 1. The van der Waals surface area contributed by atoms with E-state index in [1.54, 1.807) is 0 Å². The van der Waals surface area contributed by atoms with Gasteiger partial charge in [-0.3, -0.25) is 9.69 Å². The van der Waals surface area contributed by atoms with Crippen LogP contribution in [0.1, 0.15) is 12.5 Å². The second kappa shape index (κ2) is 8.02. The fourth-order valence-electron chi connectivity index (χ4n) is 2.43. The van der Waals surface area contributed by atoms with Crippen molar-refractivity contribution in [1.29, 1.82) is 0 Å². The molecule has 2 rings (SSSR count). The maximum Gasteiger partial charge on any atom is 0.248 e. The molecule has 0 aromatic heterocycles. The number of carbonyl (C=O) groups is 1. The van der Waals surface area contributed by atoms with E-state index < -0.39 is 0 Å². The van der Waals surface area contributed by atoms with Gasteiger partial charge in [0.2, 0.25) is 5.91 Å². The van der Waals surface area contributed by atoms with E-state index in [0.29, 0.717) is 6.61 Å². The summed E-state index contributed by atoms with van der Waals surface area (Å²) in [6.45, 7) is 7.37. The first kappa shape index (κ1) is 15.0. The standard InChI is InChI=1S/C16H24N2O2/c1-2-20-14-16(19)18-12-10-17(11-13-18)9-8-15-6-4-3-5-7-15/h3-7H,2,8-14H2,1H3. The molecule has 110 valence electrons. The Morgan fingerprint density at radius 1 is 1.15 bits per heavy atom. The van der Waals surface area contributed by atoms with E-state index in [4.69, 9.17) is 4.74 Å². The van der Waals surface area contributed by atoms with E-state index in [0.717, 1.165) is 39.1 Å². The van der Waals surface area contributed by atoms with Crippen LogP contribution in [0.4, 0.5) is 0 Å². The van der Waals surface area contributed by atoms with Gasteiger partial charge < -0.3 is 9.64 Å². The number of benzene rings is 1. The van der Waals surface area contributed by atoms with Crippen LogP contribution in [0.5, 0.6) is 0 Å². The number of rotatable bonds is 6. The monoisotopic (exact) mass is 276 g/mol. The topological polar surface area (TPSA) is 32.8 Å². The zero-order valence-corrected chi connectivity index (χ0v) is 12.3. The zero-order chi connectivity index (χ0) is 14.2. The van der Waals surface area contributed by atoms with Crippen LogP contribution in [0.2, 0.25) is 0 Å². The van der Waals surface area contributed by atoms with Gasteiger partial charge in [0.15, 0.2) is 0 Å². The molecule has 0 unspecified atom stereocenters. The van der Waals surface area contributed by atoms with Crippen molar-refractivity contribution >= 4 is 5.91 Å². The van der Waals surface area contributed by atoms with Gasteiger partial charge in [-0.15, -0.1) is 0 Å². The maximum atomic E-state index is 11.8. The van der Waals surface area contributed by atoms with E-state index in [1.807, 2.05) is 17.9 Å². The van der Waals surface area contributed by atoms with Gasteiger partial charge in [0.1, 0.15) is 6.61 Å². The van der Waals surface area contributed by atoms with Crippen LogP contribution in [0.25, 0.3) is 0 Å². The van der Waals surface area contributed by atoms with E-state index in [-0.39, 0.29) is 12.5 Å². The molecule has 1 fully saturated rings. The predicted octanol–water partition coefficient (Wildman–Crippen LogP) is 1.41. The third-order valence-electron chi connectivity index (χ3n) is 3.71. The smallest absolute Gasteiger partial charge is 0.248 e. The molecule has 1 aliphatic rings. The van der Waals surface area contributed by atoms with Crippen LogP contribution < -0.4 is 0 Å². The molecular weight excluding hydrogens is 252 g/mol. The first-order valence-electron chi connectivity index (χ1n) is 7.41. The second-order valence-corrected chi connectivity index (χ2v) is 5.10. The molecule has 20 heavy (non-hydrogen) atoms. The zero-order valence-electron chi connectivity index (χ0n) is 12.3. The molecule has 1 aromatic carbocycles. The second-order valence-electron chi connectivity index (χ2n) is 5.10. The van der Waals surface area contributed by atoms with Gasteiger partial charge in [0.05, 0.1) is 0 Å². The quantitative estimate of drug-likeness (QED) is 0.787. The molecule has 0 radical (unpaired) electrons. The molecule has 1 aromatic rings. The molecule has 4 heteroatoms. The van der Waals surface area contributed by atoms with Crippen LogP contribution in [-0.4, -0.2) is 61.6 Å². The van der Waals surface area contributed by atoms with Crippen molar-refractivity contribution in [3.05, 3.63) is 35.9 Å². The van der Waals surface area contributed by atoms with E-state index in [2.05, 4.69) is 29.2 Å². The number of hydrogen-bond acceptors (Lipinski definition) is 3. The third kappa shape index (κ3) is 4.62. The van der Waals surface area contributed by atoms with Crippen LogP contribution in [0.15, 0.2) is 30.3 Å². The summed E-state index contributed by atoms with van der Waals surface area (Å²) in [4.78, 5) is 16.2. The lowest BCUT2D eigenvalue weighted by atomic mass is 10.1. The molecule has 0 spiro atoms. The average Bonchev–Trinajstić information content (AvgIpc) is 2.52. The number of piperazine rings is 1. The Balaban J connectivity index is 1.68. The Morgan fingerprint density at radius 3 is 2.50 bits per heavy atom. The Bertz CT molecular complexity index is 400. The van der Waals surface area contributed by atoms with Crippen molar-refractivity contribution < 1.29 is 9.53 Å². The molecule has 0 saturated carbocycles. The van der Waals surface area contributed by atoms with Crippen LogP contribution >= 0.6 is 0 Å². The highest BCUT2D eigenvalue weighted by molar-refractivity contribution is 5.77. The molecule has 1 amide bonds. The van der Waals surface area contributed by atoms with Crippen molar-refractivity contribution in [2.45, 2.75) is 13.3 Å². The Labute approximate surface area is 121 Å². The number of ether oxygens (including phenoxy) is 1. The predicted molar refractivity (Wildman–Crippen MR) is 79.7 cm³/mol. The minimum absolute atomic E-state index is 0.120. The van der Waals surface area contributed by atoms with Gasteiger partial charge in [-0.1, -0.05) is 30.3 Å². The fraction of sp³-hybridized carbons (Fsp3) is 0.562.